The standard InChI is InChI=1S/C16H22F3N3O3/c17-16(18,19)25-14-4-2-12(3-5-14)22-15(20)21-8-1-9-24-13-6-10-23-11-7-13/h2-5,13H,1,6-11H2,(H3,20,21,22). The Balaban J connectivity index is 1.66. The minimum absolute atomic E-state index is 0.190. The molecule has 25 heavy (non-hydrogen) atoms. The van der Waals surface area contributed by atoms with Crippen molar-refractivity contribution in [2.24, 2.45) is 10.7 Å². The van der Waals surface area contributed by atoms with E-state index in [2.05, 4.69) is 15.0 Å². The predicted octanol–water partition coefficient (Wildman–Crippen LogP) is 2.90. The quantitative estimate of drug-likeness (QED) is 0.444. The molecule has 1 saturated heterocycles. The highest BCUT2D eigenvalue weighted by atomic mass is 19.4. The first-order valence-corrected chi connectivity index (χ1v) is 8.04. The van der Waals surface area contributed by atoms with Crippen molar-refractivity contribution < 1.29 is 27.4 Å². The van der Waals surface area contributed by atoms with E-state index in [-0.39, 0.29) is 17.8 Å². The molecule has 1 aromatic carbocycles. The number of nitrogens with two attached hydrogens (primary N) is 1. The summed E-state index contributed by atoms with van der Waals surface area (Å²) < 4.78 is 51.0. The van der Waals surface area contributed by atoms with Crippen molar-refractivity contribution in [2.75, 3.05) is 31.7 Å². The van der Waals surface area contributed by atoms with Crippen molar-refractivity contribution >= 4 is 11.6 Å². The van der Waals surface area contributed by atoms with Gasteiger partial charge in [0.25, 0.3) is 0 Å². The number of hydrogen-bond acceptors (Lipinski definition) is 4. The van der Waals surface area contributed by atoms with E-state index in [0.29, 0.717) is 18.8 Å². The van der Waals surface area contributed by atoms with Gasteiger partial charge < -0.3 is 25.3 Å². The maximum Gasteiger partial charge on any atom is 0.573 e. The van der Waals surface area contributed by atoms with E-state index in [0.717, 1.165) is 32.5 Å². The summed E-state index contributed by atoms with van der Waals surface area (Å²) in [5, 5.41) is 2.81. The molecule has 0 atom stereocenters. The van der Waals surface area contributed by atoms with Gasteiger partial charge in [0, 0.05) is 32.1 Å². The molecule has 1 fully saturated rings. The average molecular weight is 361 g/mol. The number of halogens is 3. The van der Waals surface area contributed by atoms with Gasteiger partial charge in [0.1, 0.15) is 5.75 Å². The fourth-order valence-corrected chi connectivity index (χ4v) is 2.28. The molecule has 0 aliphatic carbocycles. The summed E-state index contributed by atoms with van der Waals surface area (Å²) in [6.07, 6.45) is -1.88. The van der Waals surface area contributed by atoms with Gasteiger partial charge in [0.05, 0.1) is 6.10 Å². The Bertz CT molecular complexity index is 544. The Morgan fingerprint density at radius 2 is 1.92 bits per heavy atom. The molecule has 1 heterocycles. The number of nitrogens with zero attached hydrogens (tertiary/aromatic N) is 1. The Labute approximate surface area is 144 Å². The molecule has 2 rings (SSSR count). The van der Waals surface area contributed by atoms with Crippen molar-refractivity contribution in [1.29, 1.82) is 0 Å². The molecule has 6 nitrogen and oxygen atoms in total. The fraction of sp³-hybridized carbons (Fsp3) is 0.562. The molecule has 0 amide bonds. The first kappa shape index (κ1) is 19.3. The molecular weight excluding hydrogens is 339 g/mol. The second-order valence-electron chi connectivity index (χ2n) is 5.50. The summed E-state index contributed by atoms with van der Waals surface area (Å²) in [5.41, 5.74) is 6.26. The number of alkyl halides is 3. The van der Waals surface area contributed by atoms with E-state index in [4.69, 9.17) is 15.2 Å². The van der Waals surface area contributed by atoms with Crippen LogP contribution in [-0.4, -0.2) is 44.8 Å². The van der Waals surface area contributed by atoms with Gasteiger partial charge in [-0.05, 0) is 43.5 Å². The first-order valence-electron chi connectivity index (χ1n) is 8.04. The van der Waals surface area contributed by atoms with Crippen molar-refractivity contribution in [2.45, 2.75) is 31.7 Å². The molecule has 0 bridgehead atoms. The molecule has 140 valence electrons. The summed E-state index contributed by atoms with van der Waals surface area (Å²) in [6, 6.07) is 5.26. The third-order valence-corrected chi connectivity index (χ3v) is 3.47. The number of anilines is 1. The van der Waals surface area contributed by atoms with Gasteiger partial charge in [-0.1, -0.05) is 0 Å². The monoisotopic (exact) mass is 361 g/mol. The fourth-order valence-electron chi connectivity index (χ4n) is 2.28. The SMILES string of the molecule is NC(=NCCCOC1CCOCC1)Nc1ccc(OC(F)(F)F)cc1. The van der Waals surface area contributed by atoms with Gasteiger partial charge in [-0.15, -0.1) is 13.2 Å². The summed E-state index contributed by atoms with van der Waals surface area (Å²) >= 11 is 0. The Hall–Kier alpha value is -2.00. The van der Waals surface area contributed by atoms with Crippen LogP contribution in [-0.2, 0) is 9.47 Å². The summed E-state index contributed by atoms with van der Waals surface area (Å²) in [5.74, 6) is -0.102. The minimum atomic E-state index is -4.71. The van der Waals surface area contributed by atoms with Gasteiger partial charge >= 0.3 is 6.36 Å². The largest absolute Gasteiger partial charge is 0.573 e. The third kappa shape index (κ3) is 8.08. The molecular formula is C16H22F3N3O3. The predicted molar refractivity (Wildman–Crippen MR) is 87.6 cm³/mol. The van der Waals surface area contributed by atoms with Crippen LogP contribution in [0.2, 0.25) is 0 Å². The van der Waals surface area contributed by atoms with Crippen LogP contribution in [0, 0.1) is 0 Å². The van der Waals surface area contributed by atoms with Gasteiger partial charge in [0.2, 0.25) is 0 Å². The van der Waals surface area contributed by atoms with E-state index in [1.807, 2.05) is 0 Å². The molecule has 1 aliphatic heterocycles. The molecule has 1 aromatic rings. The number of benzene rings is 1. The number of guanidine groups is 1. The zero-order valence-corrected chi connectivity index (χ0v) is 13.7. The highest BCUT2D eigenvalue weighted by Gasteiger charge is 2.30. The lowest BCUT2D eigenvalue weighted by Crippen LogP contribution is -2.24. The van der Waals surface area contributed by atoms with Crippen molar-refractivity contribution in [3.05, 3.63) is 24.3 Å². The van der Waals surface area contributed by atoms with Gasteiger partial charge in [-0.3, -0.25) is 4.99 Å². The Morgan fingerprint density at radius 1 is 1.24 bits per heavy atom. The van der Waals surface area contributed by atoms with Crippen molar-refractivity contribution in [3.63, 3.8) is 0 Å². The highest BCUT2D eigenvalue weighted by Crippen LogP contribution is 2.23. The number of rotatable bonds is 7. The number of ether oxygens (including phenoxy) is 3. The molecule has 0 spiro atoms. The number of aliphatic imine (C=N–C) groups is 1. The second kappa shape index (κ2) is 9.47. The molecule has 0 unspecified atom stereocenters. The Morgan fingerprint density at radius 3 is 2.56 bits per heavy atom. The smallest absolute Gasteiger partial charge is 0.406 e. The summed E-state index contributed by atoms with van der Waals surface area (Å²) in [7, 11) is 0. The number of hydrogen-bond donors (Lipinski definition) is 2. The third-order valence-electron chi connectivity index (χ3n) is 3.47. The lowest BCUT2D eigenvalue weighted by Gasteiger charge is -2.22. The van der Waals surface area contributed by atoms with E-state index in [9.17, 15) is 13.2 Å². The lowest BCUT2D eigenvalue weighted by atomic mass is 10.1. The van der Waals surface area contributed by atoms with Crippen LogP contribution >= 0.6 is 0 Å². The van der Waals surface area contributed by atoms with Crippen LogP contribution in [0.3, 0.4) is 0 Å². The lowest BCUT2D eigenvalue weighted by molar-refractivity contribution is -0.274. The van der Waals surface area contributed by atoms with Gasteiger partial charge in [-0.25, -0.2) is 0 Å². The van der Waals surface area contributed by atoms with Gasteiger partial charge in [-0.2, -0.15) is 0 Å². The topological polar surface area (TPSA) is 78.1 Å². The van der Waals surface area contributed by atoms with Crippen molar-refractivity contribution in [1.82, 2.24) is 0 Å². The van der Waals surface area contributed by atoms with E-state index < -0.39 is 6.36 Å². The molecule has 0 radical (unpaired) electrons. The minimum Gasteiger partial charge on any atom is -0.406 e. The van der Waals surface area contributed by atoms with Crippen LogP contribution in [0.25, 0.3) is 0 Å². The maximum absolute atomic E-state index is 12.1. The molecule has 1 aliphatic rings. The van der Waals surface area contributed by atoms with E-state index in [1.165, 1.54) is 24.3 Å². The summed E-state index contributed by atoms with van der Waals surface area (Å²) in [4.78, 5) is 4.15. The Kier molecular flexibility index (Phi) is 7.32. The van der Waals surface area contributed by atoms with Crippen LogP contribution in [0.4, 0.5) is 18.9 Å². The van der Waals surface area contributed by atoms with E-state index >= 15 is 0 Å². The zero-order valence-electron chi connectivity index (χ0n) is 13.7. The maximum atomic E-state index is 12.1. The normalized spacial score (nSPS) is 16.7. The number of nitrogens with one attached hydrogen (secondary N) is 1. The van der Waals surface area contributed by atoms with Gasteiger partial charge in [0.15, 0.2) is 5.96 Å². The molecule has 0 saturated carbocycles. The molecule has 3 N–H and O–H groups in total. The molecule has 0 aromatic heterocycles. The first-order chi connectivity index (χ1) is 11.9. The summed E-state index contributed by atoms with van der Waals surface area (Å²) in [6.45, 7) is 2.58. The average Bonchev–Trinajstić information content (AvgIpc) is 2.56. The highest BCUT2D eigenvalue weighted by molar-refractivity contribution is 5.92. The zero-order chi connectivity index (χ0) is 18.1. The van der Waals surface area contributed by atoms with Crippen molar-refractivity contribution in [3.8, 4) is 5.75 Å². The van der Waals surface area contributed by atoms with Crippen LogP contribution in [0.15, 0.2) is 29.3 Å². The van der Waals surface area contributed by atoms with Crippen LogP contribution in [0.1, 0.15) is 19.3 Å². The van der Waals surface area contributed by atoms with E-state index in [1.54, 1.807) is 0 Å². The van der Waals surface area contributed by atoms with Crippen LogP contribution < -0.4 is 15.8 Å². The second-order valence-corrected chi connectivity index (χ2v) is 5.50. The van der Waals surface area contributed by atoms with Crippen LogP contribution in [0.5, 0.6) is 5.75 Å². The molecule has 9 heteroatoms.